The molecule has 4 nitrogen and oxygen atoms in total. The van der Waals surface area contributed by atoms with Crippen molar-refractivity contribution >= 4 is 0 Å². The van der Waals surface area contributed by atoms with Crippen LogP contribution in [0, 0.1) is 0 Å². The minimum absolute atomic E-state index is 0.340. The molecule has 0 radical (unpaired) electrons. The summed E-state index contributed by atoms with van der Waals surface area (Å²) in [7, 11) is 0. The van der Waals surface area contributed by atoms with Crippen molar-refractivity contribution in [3.8, 4) is 0 Å². The van der Waals surface area contributed by atoms with Crippen molar-refractivity contribution in [1.29, 1.82) is 0 Å². The summed E-state index contributed by atoms with van der Waals surface area (Å²) in [6.45, 7) is 5.19. The van der Waals surface area contributed by atoms with Crippen molar-refractivity contribution in [3.05, 3.63) is 48.5 Å². The van der Waals surface area contributed by atoms with Crippen LogP contribution in [0.3, 0.4) is 0 Å². The average molecular weight is 230 g/mol. The Balaban J connectivity index is 1.87. The van der Waals surface area contributed by atoms with Crippen LogP contribution in [0.15, 0.2) is 43.0 Å². The van der Waals surface area contributed by atoms with Gasteiger partial charge in [0.1, 0.15) is 0 Å². The zero-order valence-corrected chi connectivity index (χ0v) is 10.2. The molecule has 0 aliphatic carbocycles. The summed E-state index contributed by atoms with van der Waals surface area (Å²) in [4.78, 5) is 4.01. The molecule has 17 heavy (non-hydrogen) atoms. The van der Waals surface area contributed by atoms with E-state index in [0.717, 1.165) is 6.54 Å². The lowest BCUT2D eigenvalue weighted by atomic mass is 10.1. The van der Waals surface area contributed by atoms with Gasteiger partial charge in [0.25, 0.3) is 0 Å². The maximum absolute atomic E-state index is 4.26. The van der Waals surface area contributed by atoms with Crippen LogP contribution in [-0.2, 0) is 6.54 Å². The lowest BCUT2D eigenvalue weighted by Gasteiger charge is -2.21. The molecular formula is C13H18N4. The standard InChI is InChI=1S/C13H18N4/c1-11(12(2)17-9-3-6-16-17)15-10-13-4-7-14-8-5-13/h3-9,11-12,15H,10H2,1-2H3/t11-,12-/m1/s1. The van der Waals surface area contributed by atoms with Gasteiger partial charge in [-0.3, -0.25) is 9.67 Å². The molecule has 4 heteroatoms. The van der Waals surface area contributed by atoms with E-state index in [2.05, 4.69) is 29.2 Å². The van der Waals surface area contributed by atoms with Gasteiger partial charge in [0, 0.05) is 37.4 Å². The van der Waals surface area contributed by atoms with Crippen LogP contribution in [0.25, 0.3) is 0 Å². The number of hydrogen-bond donors (Lipinski definition) is 1. The molecular weight excluding hydrogens is 212 g/mol. The highest BCUT2D eigenvalue weighted by molar-refractivity contribution is 5.09. The molecule has 2 aromatic rings. The minimum Gasteiger partial charge on any atom is -0.308 e. The first-order chi connectivity index (χ1) is 8.27. The van der Waals surface area contributed by atoms with Gasteiger partial charge in [0.05, 0.1) is 6.04 Å². The van der Waals surface area contributed by atoms with Crippen LogP contribution < -0.4 is 5.32 Å². The predicted molar refractivity (Wildman–Crippen MR) is 67.5 cm³/mol. The van der Waals surface area contributed by atoms with Crippen LogP contribution in [0.2, 0.25) is 0 Å². The number of hydrogen-bond acceptors (Lipinski definition) is 3. The van der Waals surface area contributed by atoms with E-state index < -0.39 is 0 Å². The molecule has 1 N–H and O–H groups in total. The smallest absolute Gasteiger partial charge is 0.0641 e. The van der Waals surface area contributed by atoms with Crippen molar-refractivity contribution in [1.82, 2.24) is 20.1 Å². The fourth-order valence-corrected chi connectivity index (χ4v) is 1.70. The number of rotatable bonds is 5. The number of nitrogens with zero attached hydrogens (tertiary/aromatic N) is 3. The van der Waals surface area contributed by atoms with E-state index >= 15 is 0 Å². The van der Waals surface area contributed by atoms with E-state index in [1.165, 1.54) is 5.56 Å². The molecule has 0 aliphatic rings. The highest BCUT2D eigenvalue weighted by Crippen LogP contribution is 2.09. The molecule has 0 spiro atoms. The van der Waals surface area contributed by atoms with E-state index in [1.54, 1.807) is 0 Å². The Kier molecular flexibility index (Phi) is 3.88. The molecule has 0 fully saturated rings. The van der Waals surface area contributed by atoms with Crippen molar-refractivity contribution in [3.63, 3.8) is 0 Å². The third-order valence-electron chi connectivity index (χ3n) is 3.04. The topological polar surface area (TPSA) is 42.7 Å². The minimum atomic E-state index is 0.340. The Morgan fingerprint density at radius 1 is 1.24 bits per heavy atom. The summed E-state index contributed by atoms with van der Waals surface area (Å²) >= 11 is 0. The van der Waals surface area contributed by atoms with E-state index in [-0.39, 0.29) is 0 Å². The second kappa shape index (κ2) is 5.59. The highest BCUT2D eigenvalue weighted by Gasteiger charge is 2.13. The van der Waals surface area contributed by atoms with Gasteiger partial charge in [-0.25, -0.2) is 0 Å². The van der Waals surface area contributed by atoms with Gasteiger partial charge in [-0.15, -0.1) is 0 Å². The average Bonchev–Trinajstić information content (AvgIpc) is 2.90. The molecule has 2 heterocycles. The van der Waals surface area contributed by atoms with E-state index in [4.69, 9.17) is 0 Å². The lowest BCUT2D eigenvalue weighted by Crippen LogP contribution is -2.33. The zero-order chi connectivity index (χ0) is 12.1. The predicted octanol–water partition coefficient (Wildman–Crippen LogP) is 2.02. The molecule has 0 amide bonds. The maximum Gasteiger partial charge on any atom is 0.0641 e. The van der Waals surface area contributed by atoms with E-state index in [0.29, 0.717) is 12.1 Å². The Labute approximate surface area is 102 Å². The first-order valence-corrected chi connectivity index (χ1v) is 5.89. The Morgan fingerprint density at radius 3 is 2.65 bits per heavy atom. The van der Waals surface area contributed by atoms with Gasteiger partial charge in [0.15, 0.2) is 0 Å². The Morgan fingerprint density at radius 2 is 2.00 bits per heavy atom. The second-order valence-corrected chi connectivity index (χ2v) is 4.25. The van der Waals surface area contributed by atoms with Crippen LogP contribution >= 0.6 is 0 Å². The molecule has 0 saturated carbocycles. The van der Waals surface area contributed by atoms with E-state index in [9.17, 15) is 0 Å². The molecule has 0 aliphatic heterocycles. The van der Waals surface area contributed by atoms with Crippen molar-refractivity contribution in [2.45, 2.75) is 32.5 Å². The molecule has 0 bridgehead atoms. The van der Waals surface area contributed by atoms with Gasteiger partial charge >= 0.3 is 0 Å². The quantitative estimate of drug-likeness (QED) is 0.854. The molecule has 0 aromatic carbocycles. The third-order valence-corrected chi connectivity index (χ3v) is 3.04. The van der Waals surface area contributed by atoms with Crippen LogP contribution in [0.5, 0.6) is 0 Å². The summed E-state index contributed by atoms with van der Waals surface area (Å²) < 4.78 is 1.98. The number of pyridine rings is 1. The monoisotopic (exact) mass is 230 g/mol. The summed E-state index contributed by atoms with van der Waals surface area (Å²) in [6, 6.07) is 6.71. The van der Waals surface area contributed by atoms with Gasteiger partial charge < -0.3 is 5.32 Å². The largest absolute Gasteiger partial charge is 0.308 e. The molecule has 0 unspecified atom stereocenters. The molecule has 2 rings (SSSR count). The normalized spacial score (nSPS) is 14.5. The van der Waals surface area contributed by atoms with Gasteiger partial charge in [0.2, 0.25) is 0 Å². The first-order valence-electron chi connectivity index (χ1n) is 5.89. The highest BCUT2D eigenvalue weighted by atomic mass is 15.3. The SMILES string of the molecule is C[C@H]([C@@H](C)NCc1ccncc1)n1cccn1. The summed E-state index contributed by atoms with van der Waals surface area (Å²) in [5.41, 5.74) is 1.25. The fraction of sp³-hybridized carbons (Fsp3) is 0.385. The number of nitrogens with one attached hydrogen (secondary N) is 1. The van der Waals surface area contributed by atoms with Crippen LogP contribution in [-0.4, -0.2) is 20.8 Å². The second-order valence-electron chi connectivity index (χ2n) is 4.25. The number of aromatic nitrogens is 3. The van der Waals surface area contributed by atoms with Gasteiger partial charge in [-0.05, 0) is 37.6 Å². The van der Waals surface area contributed by atoms with Gasteiger partial charge in [-0.1, -0.05) is 0 Å². The zero-order valence-electron chi connectivity index (χ0n) is 10.2. The summed E-state index contributed by atoms with van der Waals surface area (Å²) in [5, 5.41) is 7.76. The third kappa shape index (κ3) is 3.14. The Bertz CT molecular complexity index is 424. The van der Waals surface area contributed by atoms with E-state index in [1.807, 2.05) is 47.7 Å². The first kappa shape index (κ1) is 11.8. The van der Waals surface area contributed by atoms with Gasteiger partial charge in [-0.2, -0.15) is 5.10 Å². The summed E-state index contributed by atoms with van der Waals surface area (Å²) in [6.07, 6.45) is 7.44. The lowest BCUT2D eigenvalue weighted by molar-refractivity contribution is 0.365. The van der Waals surface area contributed by atoms with Crippen molar-refractivity contribution in [2.75, 3.05) is 0 Å². The Hall–Kier alpha value is -1.68. The van der Waals surface area contributed by atoms with Crippen LogP contribution in [0.4, 0.5) is 0 Å². The molecule has 0 saturated heterocycles. The fourth-order valence-electron chi connectivity index (χ4n) is 1.70. The summed E-state index contributed by atoms with van der Waals surface area (Å²) in [5.74, 6) is 0. The van der Waals surface area contributed by atoms with Crippen molar-refractivity contribution < 1.29 is 0 Å². The molecule has 2 aromatic heterocycles. The maximum atomic E-state index is 4.26. The molecule has 2 atom stereocenters. The molecule has 90 valence electrons. The van der Waals surface area contributed by atoms with Crippen LogP contribution in [0.1, 0.15) is 25.5 Å². The van der Waals surface area contributed by atoms with Crippen molar-refractivity contribution in [2.24, 2.45) is 0 Å².